The number of likely N-dealkylation sites (tertiary alicyclic amines) is 1. The molecule has 1 heterocycles. The summed E-state index contributed by atoms with van der Waals surface area (Å²) >= 11 is 0. The van der Waals surface area contributed by atoms with Gasteiger partial charge in [-0.3, -0.25) is 4.79 Å². The number of hydrogen-bond acceptors (Lipinski definition) is 4. The highest BCUT2D eigenvalue weighted by Gasteiger charge is 2.49. The minimum absolute atomic E-state index is 0.0242. The van der Waals surface area contributed by atoms with Gasteiger partial charge in [-0.25, -0.2) is 0 Å². The molecular formula is C17H32N2O2. The van der Waals surface area contributed by atoms with Crippen LogP contribution in [0.4, 0.5) is 0 Å². The molecule has 4 nitrogen and oxygen atoms in total. The monoisotopic (exact) mass is 296 g/mol. The molecule has 21 heavy (non-hydrogen) atoms. The number of nitrogens with zero attached hydrogens (tertiary/aromatic N) is 1. The van der Waals surface area contributed by atoms with E-state index in [1.165, 1.54) is 19.4 Å². The molecule has 3 unspecified atom stereocenters. The van der Waals surface area contributed by atoms with Crippen molar-refractivity contribution in [2.75, 3.05) is 26.2 Å². The van der Waals surface area contributed by atoms with Crippen molar-refractivity contribution in [3.63, 3.8) is 0 Å². The molecule has 2 fully saturated rings. The van der Waals surface area contributed by atoms with E-state index < -0.39 is 5.54 Å². The molecule has 0 aromatic heterocycles. The third-order valence-electron chi connectivity index (χ3n) is 5.41. The van der Waals surface area contributed by atoms with Gasteiger partial charge < -0.3 is 15.0 Å². The van der Waals surface area contributed by atoms with Crippen molar-refractivity contribution in [1.82, 2.24) is 10.2 Å². The van der Waals surface area contributed by atoms with Crippen LogP contribution in [-0.2, 0) is 9.53 Å². The molecule has 2 aliphatic rings. The second kappa shape index (κ2) is 7.59. The Balaban J connectivity index is 1.99. The average molecular weight is 296 g/mol. The van der Waals surface area contributed by atoms with Crippen molar-refractivity contribution >= 4 is 5.97 Å². The van der Waals surface area contributed by atoms with Crippen LogP contribution in [0.15, 0.2) is 0 Å². The molecule has 0 aromatic carbocycles. The summed E-state index contributed by atoms with van der Waals surface area (Å²) in [7, 11) is 0. The first kappa shape index (κ1) is 16.8. The SMILES string of the molecule is CCNC1(C(=O)OCC)CCCC1CCN1CCCC1C. The van der Waals surface area contributed by atoms with Crippen LogP contribution in [0, 0.1) is 5.92 Å². The minimum Gasteiger partial charge on any atom is -0.465 e. The molecule has 4 heteroatoms. The zero-order valence-corrected chi connectivity index (χ0v) is 14.0. The first-order valence-corrected chi connectivity index (χ1v) is 8.80. The van der Waals surface area contributed by atoms with Gasteiger partial charge >= 0.3 is 5.97 Å². The number of rotatable bonds is 7. The molecule has 122 valence electrons. The van der Waals surface area contributed by atoms with Crippen LogP contribution in [0.1, 0.15) is 59.3 Å². The molecule has 1 aliphatic heterocycles. The summed E-state index contributed by atoms with van der Waals surface area (Å²) < 4.78 is 5.39. The number of hydrogen-bond donors (Lipinski definition) is 1. The van der Waals surface area contributed by atoms with E-state index in [-0.39, 0.29) is 5.97 Å². The Bertz CT molecular complexity index is 348. The van der Waals surface area contributed by atoms with Gasteiger partial charge in [0.1, 0.15) is 5.54 Å². The largest absolute Gasteiger partial charge is 0.465 e. The predicted molar refractivity (Wildman–Crippen MR) is 85.3 cm³/mol. The lowest BCUT2D eigenvalue weighted by atomic mass is 9.84. The lowest BCUT2D eigenvalue weighted by Crippen LogP contribution is -2.56. The van der Waals surface area contributed by atoms with Crippen LogP contribution in [0.25, 0.3) is 0 Å². The summed E-state index contributed by atoms with van der Waals surface area (Å²) in [5, 5.41) is 3.49. The van der Waals surface area contributed by atoms with Crippen molar-refractivity contribution in [3.8, 4) is 0 Å². The second-order valence-corrected chi connectivity index (χ2v) is 6.63. The van der Waals surface area contributed by atoms with Gasteiger partial charge in [0, 0.05) is 6.04 Å². The van der Waals surface area contributed by atoms with E-state index in [0.29, 0.717) is 18.6 Å². The van der Waals surface area contributed by atoms with Crippen LogP contribution in [0.2, 0.25) is 0 Å². The van der Waals surface area contributed by atoms with E-state index in [4.69, 9.17) is 4.74 Å². The third kappa shape index (κ3) is 3.59. The summed E-state index contributed by atoms with van der Waals surface area (Å²) in [5.74, 6) is 0.396. The maximum atomic E-state index is 12.5. The number of ether oxygens (including phenoxy) is 1. The first-order valence-electron chi connectivity index (χ1n) is 8.80. The number of carbonyl (C=O) groups is 1. The molecule has 1 N–H and O–H groups in total. The molecule has 2 rings (SSSR count). The number of carbonyl (C=O) groups excluding carboxylic acids is 1. The third-order valence-corrected chi connectivity index (χ3v) is 5.41. The number of nitrogens with one attached hydrogen (secondary N) is 1. The lowest BCUT2D eigenvalue weighted by Gasteiger charge is -2.35. The average Bonchev–Trinajstić information content (AvgIpc) is 3.04. The van der Waals surface area contributed by atoms with Gasteiger partial charge in [-0.15, -0.1) is 0 Å². The normalized spacial score (nSPS) is 33.5. The number of esters is 1. The Labute approximate surface area is 129 Å². The fourth-order valence-corrected chi connectivity index (χ4v) is 4.26. The summed E-state index contributed by atoms with van der Waals surface area (Å²) in [4.78, 5) is 15.1. The molecular weight excluding hydrogens is 264 g/mol. The molecule has 1 saturated carbocycles. The molecule has 0 aromatic rings. The van der Waals surface area contributed by atoms with Gasteiger partial charge in [-0.05, 0) is 71.5 Å². The molecule has 0 spiro atoms. The zero-order chi connectivity index (χ0) is 15.3. The van der Waals surface area contributed by atoms with E-state index in [1.807, 2.05) is 6.92 Å². The number of likely N-dealkylation sites (N-methyl/N-ethyl adjacent to an activating group) is 1. The fourth-order valence-electron chi connectivity index (χ4n) is 4.26. The van der Waals surface area contributed by atoms with E-state index in [1.54, 1.807) is 0 Å². The minimum atomic E-state index is -0.423. The highest BCUT2D eigenvalue weighted by Crippen LogP contribution is 2.39. The predicted octanol–water partition coefficient (Wildman–Crippen LogP) is 2.57. The van der Waals surface area contributed by atoms with Crippen molar-refractivity contribution in [3.05, 3.63) is 0 Å². The first-order chi connectivity index (χ1) is 10.1. The van der Waals surface area contributed by atoms with Gasteiger partial charge in [0.05, 0.1) is 6.61 Å². The maximum absolute atomic E-state index is 12.5. The molecule has 0 amide bonds. The van der Waals surface area contributed by atoms with Crippen molar-refractivity contribution < 1.29 is 9.53 Å². The van der Waals surface area contributed by atoms with E-state index >= 15 is 0 Å². The van der Waals surface area contributed by atoms with Gasteiger partial charge in [-0.1, -0.05) is 13.3 Å². The summed E-state index contributed by atoms with van der Waals surface area (Å²) in [5.41, 5.74) is -0.423. The Hall–Kier alpha value is -0.610. The topological polar surface area (TPSA) is 41.6 Å². The molecule has 1 saturated heterocycles. The highest BCUT2D eigenvalue weighted by molar-refractivity contribution is 5.81. The van der Waals surface area contributed by atoms with Gasteiger partial charge in [0.25, 0.3) is 0 Å². The van der Waals surface area contributed by atoms with E-state index in [9.17, 15) is 4.79 Å². The Kier molecular flexibility index (Phi) is 6.06. The van der Waals surface area contributed by atoms with E-state index in [0.717, 1.165) is 38.8 Å². The van der Waals surface area contributed by atoms with Crippen LogP contribution in [-0.4, -0.2) is 48.7 Å². The molecule has 0 bridgehead atoms. The maximum Gasteiger partial charge on any atom is 0.326 e. The summed E-state index contributed by atoms with van der Waals surface area (Å²) in [6.45, 7) is 9.95. The fraction of sp³-hybridized carbons (Fsp3) is 0.941. The van der Waals surface area contributed by atoms with Gasteiger partial charge in [0.2, 0.25) is 0 Å². The Morgan fingerprint density at radius 2 is 2.14 bits per heavy atom. The molecule has 0 radical (unpaired) electrons. The summed E-state index contributed by atoms with van der Waals surface area (Å²) in [6, 6.07) is 0.711. The standard InChI is InChI=1S/C17H32N2O2/c1-4-18-17(16(20)21-5-2)11-6-9-15(17)10-13-19-12-7-8-14(19)3/h14-15,18H,4-13H2,1-3H3. The molecule has 3 atom stereocenters. The van der Waals surface area contributed by atoms with Crippen molar-refractivity contribution in [1.29, 1.82) is 0 Å². The summed E-state index contributed by atoms with van der Waals surface area (Å²) in [6.07, 6.45) is 6.96. The van der Waals surface area contributed by atoms with Gasteiger partial charge in [0.15, 0.2) is 0 Å². The Morgan fingerprint density at radius 3 is 2.76 bits per heavy atom. The molecule has 1 aliphatic carbocycles. The van der Waals surface area contributed by atoms with Crippen LogP contribution in [0.3, 0.4) is 0 Å². The van der Waals surface area contributed by atoms with E-state index in [2.05, 4.69) is 24.1 Å². The van der Waals surface area contributed by atoms with Gasteiger partial charge in [-0.2, -0.15) is 0 Å². The quantitative estimate of drug-likeness (QED) is 0.733. The highest BCUT2D eigenvalue weighted by atomic mass is 16.5. The van der Waals surface area contributed by atoms with Crippen molar-refractivity contribution in [2.24, 2.45) is 5.92 Å². The smallest absolute Gasteiger partial charge is 0.326 e. The van der Waals surface area contributed by atoms with Crippen LogP contribution in [0.5, 0.6) is 0 Å². The van der Waals surface area contributed by atoms with Crippen LogP contribution < -0.4 is 5.32 Å². The van der Waals surface area contributed by atoms with Crippen LogP contribution >= 0.6 is 0 Å². The second-order valence-electron chi connectivity index (χ2n) is 6.63. The zero-order valence-electron chi connectivity index (χ0n) is 14.0. The lowest BCUT2D eigenvalue weighted by molar-refractivity contribution is -0.153. The Morgan fingerprint density at radius 1 is 1.33 bits per heavy atom. The van der Waals surface area contributed by atoms with Crippen molar-refractivity contribution in [2.45, 2.75) is 70.9 Å².